The van der Waals surface area contributed by atoms with E-state index < -0.39 is 10.0 Å². The van der Waals surface area contributed by atoms with Crippen LogP contribution in [0.4, 0.5) is 0 Å². The number of aromatic nitrogens is 2. The summed E-state index contributed by atoms with van der Waals surface area (Å²) in [4.78, 5) is 7.16. The number of fused-ring (bicyclic) bond motifs is 1. The third-order valence-corrected chi connectivity index (χ3v) is 5.03. The SMILES string of the molecule is COc1ccc(OC)c(S(=O)(=O)NCc2ccc3nc[nH]c3c2)c1. The molecule has 126 valence electrons. The largest absolute Gasteiger partial charge is 0.497 e. The molecule has 3 rings (SSSR count). The lowest BCUT2D eigenvalue weighted by atomic mass is 10.2. The predicted molar refractivity (Wildman–Crippen MR) is 89.7 cm³/mol. The highest BCUT2D eigenvalue weighted by molar-refractivity contribution is 7.89. The molecule has 7 nitrogen and oxygen atoms in total. The van der Waals surface area contributed by atoms with Crippen LogP contribution in [0.25, 0.3) is 11.0 Å². The van der Waals surface area contributed by atoms with Gasteiger partial charge in [0.1, 0.15) is 16.4 Å². The molecule has 8 heteroatoms. The molecule has 1 heterocycles. The maximum atomic E-state index is 12.6. The molecule has 0 aliphatic heterocycles. The summed E-state index contributed by atoms with van der Waals surface area (Å²) >= 11 is 0. The topological polar surface area (TPSA) is 93.3 Å². The van der Waals surface area contributed by atoms with E-state index in [1.54, 1.807) is 18.5 Å². The van der Waals surface area contributed by atoms with E-state index in [2.05, 4.69) is 14.7 Å². The maximum absolute atomic E-state index is 12.6. The van der Waals surface area contributed by atoms with Crippen molar-refractivity contribution in [3.63, 3.8) is 0 Å². The second-order valence-corrected chi connectivity index (χ2v) is 6.83. The highest BCUT2D eigenvalue weighted by Crippen LogP contribution is 2.28. The summed E-state index contributed by atoms with van der Waals surface area (Å²) in [5, 5.41) is 0. The van der Waals surface area contributed by atoms with Gasteiger partial charge in [-0.25, -0.2) is 18.1 Å². The van der Waals surface area contributed by atoms with E-state index in [-0.39, 0.29) is 17.2 Å². The summed E-state index contributed by atoms with van der Waals surface area (Å²) in [6.07, 6.45) is 1.60. The second-order valence-electron chi connectivity index (χ2n) is 5.10. The number of hydrogen-bond acceptors (Lipinski definition) is 5. The fraction of sp³-hybridized carbons (Fsp3) is 0.188. The molecule has 0 atom stereocenters. The molecule has 2 aromatic carbocycles. The minimum absolute atomic E-state index is 0.0342. The van der Waals surface area contributed by atoms with Crippen LogP contribution in [0.5, 0.6) is 11.5 Å². The molecule has 0 radical (unpaired) electrons. The molecule has 3 aromatic rings. The fourth-order valence-electron chi connectivity index (χ4n) is 2.34. The number of hydrogen-bond donors (Lipinski definition) is 2. The van der Waals surface area contributed by atoms with Crippen molar-refractivity contribution in [2.45, 2.75) is 11.4 Å². The number of imidazole rings is 1. The molecule has 0 saturated heterocycles. The highest BCUT2D eigenvalue weighted by atomic mass is 32.2. The molecule has 24 heavy (non-hydrogen) atoms. The van der Waals surface area contributed by atoms with Gasteiger partial charge in [0.25, 0.3) is 0 Å². The van der Waals surface area contributed by atoms with Gasteiger partial charge >= 0.3 is 0 Å². The van der Waals surface area contributed by atoms with Crippen molar-refractivity contribution >= 4 is 21.1 Å². The Labute approximate surface area is 139 Å². The Kier molecular flexibility index (Phi) is 4.41. The van der Waals surface area contributed by atoms with Crippen molar-refractivity contribution in [1.82, 2.24) is 14.7 Å². The third kappa shape index (κ3) is 3.19. The number of methoxy groups -OCH3 is 2. The number of sulfonamides is 1. The minimum atomic E-state index is -3.75. The number of H-pyrrole nitrogens is 1. The van der Waals surface area contributed by atoms with Crippen LogP contribution in [0, 0.1) is 0 Å². The monoisotopic (exact) mass is 347 g/mol. The van der Waals surface area contributed by atoms with Crippen molar-refractivity contribution < 1.29 is 17.9 Å². The van der Waals surface area contributed by atoms with E-state index in [1.165, 1.54) is 20.3 Å². The molecule has 0 aliphatic rings. The van der Waals surface area contributed by atoms with Gasteiger partial charge in [0, 0.05) is 12.6 Å². The first-order valence-electron chi connectivity index (χ1n) is 7.17. The van der Waals surface area contributed by atoms with Crippen LogP contribution in [0.15, 0.2) is 47.6 Å². The zero-order valence-corrected chi connectivity index (χ0v) is 14.1. The summed E-state index contributed by atoms with van der Waals surface area (Å²) < 4.78 is 38.0. The fourth-order valence-corrected chi connectivity index (χ4v) is 3.54. The quantitative estimate of drug-likeness (QED) is 0.712. The number of ether oxygens (including phenoxy) is 2. The minimum Gasteiger partial charge on any atom is -0.497 e. The number of aromatic amines is 1. The van der Waals surface area contributed by atoms with Gasteiger partial charge in [-0.3, -0.25) is 0 Å². The van der Waals surface area contributed by atoms with Gasteiger partial charge in [-0.15, -0.1) is 0 Å². The van der Waals surface area contributed by atoms with E-state index in [0.29, 0.717) is 5.75 Å². The average Bonchev–Trinajstić information content (AvgIpc) is 3.07. The van der Waals surface area contributed by atoms with Crippen molar-refractivity contribution in [2.24, 2.45) is 0 Å². The van der Waals surface area contributed by atoms with Crippen molar-refractivity contribution in [1.29, 1.82) is 0 Å². The van der Waals surface area contributed by atoms with Crippen LogP contribution in [0.3, 0.4) is 0 Å². The first kappa shape index (κ1) is 16.3. The van der Waals surface area contributed by atoms with Gasteiger partial charge < -0.3 is 14.5 Å². The lowest BCUT2D eigenvalue weighted by Gasteiger charge is -2.12. The van der Waals surface area contributed by atoms with Crippen LogP contribution < -0.4 is 14.2 Å². The molecule has 0 unspecified atom stereocenters. The second kappa shape index (κ2) is 6.50. The Hall–Kier alpha value is -2.58. The summed E-state index contributed by atoms with van der Waals surface area (Å²) in [6, 6.07) is 10.1. The summed E-state index contributed by atoms with van der Waals surface area (Å²) in [6.45, 7) is 0.150. The standard InChI is InChI=1S/C16H17N3O4S/c1-22-12-4-6-15(23-2)16(8-12)24(20,21)19-9-11-3-5-13-14(7-11)18-10-17-13/h3-8,10,19H,9H2,1-2H3,(H,17,18). The molecule has 0 bridgehead atoms. The molecule has 2 N–H and O–H groups in total. The number of nitrogens with one attached hydrogen (secondary N) is 2. The molecule has 1 aromatic heterocycles. The Morgan fingerprint density at radius 2 is 1.96 bits per heavy atom. The normalized spacial score (nSPS) is 11.6. The van der Waals surface area contributed by atoms with Gasteiger partial charge in [0.2, 0.25) is 10.0 Å². The van der Waals surface area contributed by atoms with Gasteiger partial charge in [0.05, 0.1) is 31.6 Å². The van der Waals surface area contributed by atoms with Crippen molar-refractivity contribution in [3.8, 4) is 11.5 Å². The van der Waals surface area contributed by atoms with E-state index in [9.17, 15) is 8.42 Å². The smallest absolute Gasteiger partial charge is 0.244 e. The molecule has 0 saturated carbocycles. The highest BCUT2D eigenvalue weighted by Gasteiger charge is 2.20. The third-order valence-electron chi connectivity index (χ3n) is 3.61. The summed E-state index contributed by atoms with van der Waals surface area (Å²) in [7, 11) is -0.854. The predicted octanol–water partition coefficient (Wildman–Crippen LogP) is 2.06. The summed E-state index contributed by atoms with van der Waals surface area (Å²) in [5.74, 6) is 0.697. The van der Waals surface area contributed by atoms with Crippen LogP contribution >= 0.6 is 0 Å². The van der Waals surface area contributed by atoms with Gasteiger partial charge in [-0.2, -0.15) is 0 Å². The molecule has 0 aliphatic carbocycles. The van der Waals surface area contributed by atoms with Crippen LogP contribution in [0.1, 0.15) is 5.56 Å². The van der Waals surface area contributed by atoms with E-state index in [4.69, 9.17) is 9.47 Å². The maximum Gasteiger partial charge on any atom is 0.244 e. The Morgan fingerprint density at radius 1 is 1.12 bits per heavy atom. The number of rotatable bonds is 6. The lowest BCUT2D eigenvalue weighted by Crippen LogP contribution is -2.23. The molecule has 0 fully saturated rings. The summed E-state index contributed by atoms with van der Waals surface area (Å²) in [5.41, 5.74) is 2.50. The molecule has 0 amide bonds. The first-order valence-corrected chi connectivity index (χ1v) is 8.65. The average molecular weight is 347 g/mol. The van der Waals surface area contributed by atoms with Gasteiger partial charge in [0.15, 0.2) is 0 Å². The van der Waals surface area contributed by atoms with Crippen LogP contribution in [0.2, 0.25) is 0 Å². The zero-order valence-electron chi connectivity index (χ0n) is 13.2. The number of nitrogens with zero attached hydrogens (tertiary/aromatic N) is 1. The van der Waals surface area contributed by atoms with E-state index >= 15 is 0 Å². The zero-order chi connectivity index (χ0) is 17.2. The Bertz CT molecular complexity index is 966. The van der Waals surface area contributed by atoms with Crippen molar-refractivity contribution in [2.75, 3.05) is 14.2 Å². The van der Waals surface area contributed by atoms with Gasteiger partial charge in [-0.1, -0.05) is 6.07 Å². The number of benzene rings is 2. The van der Waals surface area contributed by atoms with Crippen LogP contribution in [-0.4, -0.2) is 32.6 Å². The van der Waals surface area contributed by atoms with E-state index in [1.807, 2.05) is 18.2 Å². The molecule has 0 spiro atoms. The lowest BCUT2D eigenvalue weighted by molar-refractivity contribution is 0.392. The Balaban J connectivity index is 1.85. The Morgan fingerprint density at radius 3 is 2.71 bits per heavy atom. The molecular weight excluding hydrogens is 330 g/mol. The van der Waals surface area contributed by atoms with Crippen LogP contribution in [-0.2, 0) is 16.6 Å². The first-order chi connectivity index (χ1) is 11.5. The van der Waals surface area contributed by atoms with E-state index in [0.717, 1.165) is 16.6 Å². The molecular formula is C16H17N3O4S. The van der Waals surface area contributed by atoms with Gasteiger partial charge in [-0.05, 0) is 29.8 Å². The van der Waals surface area contributed by atoms with Crippen molar-refractivity contribution in [3.05, 3.63) is 48.3 Å².